The maximum Gasteiger partial charge on any atom is 0.146 e. The summed E-state index contributed by atoms with van der Waals surface area (Å²) >= 11 is 0. The van der Waals surface area contributed by atoms with E-state index in [1.807, 2.05) is 0 Å². The van der Waals surface area contributed by atoms with Crippen LogP contribution in [0.5, 0.6) is 0 Å². The van der Waals surface area contributed by atoms with Gasteiger partial charge in [-0.05, 0) is 18.3 Å². The van der Waals surface area contributed by atoms with Crippen molar-refractivity contribution in [3.63, 3.8) is 0 Å². The molecule has 2 heteroatoms. The Morgan fingerprint density at radius 1 is 1.55 bits per heavy atom. The second kappa shape index (κ2) is 3.35. The number of ketones is 1. The van der Waals surface area contributed by atoms with E-state index in [-0.39, 0.29) is 12.3 Å². The molecule has 2 nitrogen and oxygen atoms in total. The molecule has 1 rings (SSSR count). The molecule has 0 aromatic rings. The Morgan fingerprint density at radius 3 is 2.45 bits per heavy atom. The summed E-state index contributed by atoms with van der Waals surface area (Å²) in [5, 5.41) is 0. The summed E-state index contributed by atoms with van der Waals surface area (Å²) in [4.78, 5) is 11.1. The predicted octanol–water partition coefficient (Wildman–Crippen LogP) is 1.48. The van der Waals surface area contributed by atoms with Crippen molar-refractivity contribution in [2.45, 2.75) is 39.0 Å². The number of carbonyl (C=O) groups excluding carboxylic acids is 1. The largest absolute Gasteiger partial charge is 0.324 e. The van der Waals surface area contributed by atoms with Crippen LogP contribution in [0.2, 0.25) is 0 Å². The molecule has 0 radical (unpaired) electrons. The molecular formula is C9H17NO. The van der Waals surface area contributed by atoms with Crippen LogP contribution >= 0.6 is 0 Å². The molecule has 0 unspecified atom stereocenters. The van der Waals surface area contributed by atoms with E-state index in [4.69, 9.17) is 5.73 Å². The smallest absolute Gasteiger partial charge is 0.146 e. The maximum atomic E-state index is 11.1. The minimum Gasteiger partial charge on any atom is -0.324 e. The van der Waals surface area contributed by atoms with Gasteiger partial charge in [0.25, 0.3) is 0 Å². The highest BCUT2D eigenvalue weighted by atomic mass is 16.1. The van der Waals surface area contributed by atoms with Gasteiger partial charge >= 0.3 is 0 Å². The molecule has 0 atom stereocenters. The van der Waals surface area contributed by atoms with Gasteiger partial charge in [0, 0.05) is 6.42 Å². The maximum absolute atomic E-state index is 11.1. The lowest BCUT2D eigenvalue weighted by molar-refractivity contribution is -0.121. The highest BCUT2D eigenvalue weighted by Gasteiger charge is 2.36. The van der Waals surface area contributed by atoms with Crippen molar-refractivity contribution in [3.8, 4) is 0 Å². The average molecular weight is 155 g/mol. The zero-order chi connectivity index (χ0) is 8.32. The molecule has 1 fully saturated rings. The molecule has 0 amide bonds. The summed E-state index contributed by atoms with van der Waals surface area (Å²) < 4.78 is 0. The van der Waals surface area contributed by atoms with E-state index in [9.17, 15) is 4.79 Å². The summed E-state index contributed by atoms with van der Waals surface area (Å²) in [6, 6.07) is 0. The van der Waals surface area contributed by atoms with Crippen molar-refractivity contribution in [2.75, 3.05) is 6.54 Å². The van der Waals surface area contributed by atoms with Gasteiger partial charge in [-0.1, -0.05) is 19.8 Å². The van der Waals surface area contributed by atoms with Crippen LogP contribution in [0.4, 0.5) is 0 Å². The minimum absolute atomic E-state index is 0.224. The fraction of sp³-hybridized carbons (Fsp3) is 0.889. The molecule has 64 valence electrons. The van der Waals surface area contributed by atoms with Gasteiger partial charge in [0.1, 0.15) is 5.78 Å². The Kier molecular flexibility index (Phi) is 2.66. The van der Waals surface area contributed by atoms with Crippen LogP contribution in [0.1, 0.15) is 39.0 Å². The van der Waals surface area contributed by atoms with Crippen molar-refractivity contribution in [1.29, 1.82) is 0 Å². The van der Waals surface area contributed by atoms with Crippen LogP contribution in [0.3, 0.4) is 0 Å². The van der Waals surface area contributed by atoms with Crippen LogP contribution in [0, 0.1) is 5.41 Å². The lowest BCUT2D eigenvalue weighted by Crippen LogP contribution is -2.33. The SMILES string of the molecule is CCC1(CC(=O)CN)CCC1. The number of carbonyl (C=O) groups is 1. The standard InChI is InChI=1S/C9H17NO/c1-2-9(4-3-5-9)6-8(11)7-10/h2-7,10H2,1H3. The molecule has 2 N–H and O–H groups in total. The number of nitrogens with two attached hydrogens (primary N) is 1. The van der Waals surface area contributed by atoms with E-state index >= 15 is 0 Å². The lowest BCUT2D eigenvalue weighted by Gasteiger charge is -2.40. The first-order valence-electron chi connectivity index (χ1n) is 4.44. The molecule has 0 aromatic heterocycles. The molecule has 1 aliphatic rings. The summed E-state index contributed by atoms with van der Waals surface area (Å²) in [5.74, 6) is 0.228. The van der Waals surface area contributed by atoms with Gasteiger partial charge < -0.3 is 5.73 Å². The number of rotatable bonds is 4. The molecule has 1 aliphatic carbocycles. The fourth-order valence-electron chi connectivity index (χ4n) is 1.82. The molecule has 0 bridgehead atoms. The van der Waals surface area contributed by atoms with Crippen LogP contribution in [-0.2, 0) is 4.79 Å². The predicted molar refractivity (Wildman–Crippen MR) is 45.3 cm³/mol. The second-order valence-electron chi connectivity index (χ2n) is 3.63. The van der Waals surface area contributed by atoms with Gasteiger partial charge in [-0.2, -0.15) is 0 Å². The number of hydrogen-bond donors (Lipinski definition) is 1. The monoisotopic (exact) mass is 155 g/mol. The van der Waals surface area contributed by atoms with Crippen LogP contribution in [-0.4, -0.2) is 12.3 Å². The zero-order valence-corrected chi connectivity index (χ0v) is 7.23. The van der Waals surface area contributed by atoms with Gasteiger partial charge in [0.2, 0.25) is 0 Å². The summed E-state index contributed by atoms with van der Waals surface area (Å²) in [6.45, 7) is 2.39. The summed E-state index contributed by atoms with van der Waals surface area (Å²) in [7, 11) is 0. The molecule has 0 saturated heterocycles. The molecule has 0 spiro atoms. The fourth-order valence-corrected chi connectivity index (χ4v) is 1.82. The van der Waals surface area contributed by atoms with Crippen LogP contribution in [0.15, 0.2) is 0 Å². The van der Waals surface area contributed by atoms with E-state index in [1.54, 1.807) is 0 Å². The van der Waals surface area contributed by atoms with E-state index in [2.05, 4.69) is 6.92 Å². The Morgan fingerprint density at radius 2 is 2.18 bits per heavy atom. The van der Waals surface area contributed by atoms with Crippen molar-refractivity contribution in [2.24, 2.45) is 11.1 Å². The van der Waals surface area contributed by atoms with Gasteiger partial charge in [-0.3, -0.25) is 4.79 Å². The highest BCUT2D eigenvalue weighted by Crippen LogP contribution is 2.46. The van der Waals surface area contributed by atoms with Crippen molar-refractivity contribution in [3.05, 3.63) is 0 Å². The molecule has 1 saturated carbocycles. The quantitative estimate of drug-likeness (QED) is 0.668. The third-order valence-electron chi connectivity index (χ3n) is 2.96. The van der Waals surface area contributed by atoms with E-state index < -0.39 is 0 Å². The Labute approximate surface area is 68.2 Å². The first kappa shape index (κ1) is 8.72. The van der Waals surface area contributed by atoms with Gasteiger partial charge in [0.05, 0.1) is 6.54 Å². The van der Waals surface area contributed by atoms with Crippen molar-refractivity contribution < 1.29 is 4.79 Å². The van der Waals surface area contributed by atoms with E-state index in [0.717, 1.165) is 12.8 Å². The number of hydrogen-bond acceptors (Lipinski definition) is 2. The van der Waals surface area contributed by atoms with E-state index in [0.29, 0.717) is 5.41 Å². The second-order valence-corrected chi connectivity index (χ2v) is 3.63. The Balaban J connectivity index is 2.38. The highest BCUT2D eigenvalue weighted by molar-refractivity contribution is 5.81. The molecule has 0 aliphatic heterocycles. The summed E-state index contributed by atoms with van der Waals surface area (Å²) in [5.41, 5.74) is 5.62. The number of Topliss-reactive ketones (excluding diaryl/α,β-unsaturated/α-hetero) is 1. The zero-order valence-electron chi connectivity index (χ0n) is 7.23. The minimum atomic E-state index is 0.224. The molecule has 0 aromatic carbocycles. The first-order chi connectivity index (χ1) is 5.22. The third-order valence-corrected chi connectivity index (χ3v) is 2.96. The van der Waals surface area contributed by atoms with Gasteiger partial charge in [0.15, 0.2) is 0 Å². The molecular weight excluding hydrogens is 138 g/mol. The van der Waals surface area contributed by atoms with Gasteiger partial charge in [-0.15, -0.1) is 0 Å². The van der Waals surface area contributed by atoms with Crippen LogP contribution < -0.4 is 5.73 Å². The first-order valence-corrected chi connectivity index (χ1v) is 4.44. The van der Waals surface area contributed by atoms with Crippen molar-refractivity contribution in [1.82, 2.24) is 0 Å². The molecule has 11 heavy (non-hydrogen) atoms. The lowest BCUT2D eigenvalue weighted by atomic mass is 9.64. The average Bonchev–Trinajstić information content (AvgIpc) is 1.96. The third kappa shape index (κ3) is 1.80. The Hall–Kier alpha value is -0.370. The summed E-state index contributed by atoms with van der Waals surface area (Å²) in [6.07, 6.45) is 5.62. The van der Waals surface area contributed by atoms with Gasteiger partial charge in [-0.25, -0.2) is 0 Å². The normalized spacial score (nSPS) is 20.9. The van der Waals surface area contributed by atoms with E-state index in [1.165, 1.54) is 19.3 Å². The Bertz CT molecular complexity index is 144. The molecule has 0 heterocycles. The topological polar surface area (TPSA) is 43.1 Å². The van der Waals surface area contributed by atoms with Crippen molar-refractivity contribution >= 4 is 5.78 Å². The van der Waals surface area contributed by atoms with Crippen LogP contribution in [0.25, 0.3) is 0 Å².